The summed E-state index contributed by atoms with van der Waals surface area (Å²) in [6.45, 7) is 5.53. The summed E-state index contributed by atoms with van der Waals surface area (Å²) in [4.78, 5) is 28.3. The lowest BCUT2D eigenvalue weighted by Gasteiger charge is -2.26. The molecule has 0 saturated carbocycles. The van der Waals surface area contributed by atoms with Crippen LogP contribution in [0, 0.1) is 0 Å². The Bertz CT molecular complexity index is 1360. The van der Waals surface area contributed by atoms with Crippen LogP contribution in [0.3, 0.4) is 0 Å². The molecule has 190 valence electrons. The third-order valence-corrected chi connectivity index (χ3v) is 6.17. The Kier molecular flexibility index (Phi) is 6.72. The van der Waals surface area contributed by atoms with Crippen molar-refractivity contribution < 1.29 is 33.6 Å². The van der Waals surface area contributed by atoms with Crippen molar-refractivity contribution in [2.75, 3.05) is 31.3 Å². The number of carbonyl (C=O) groups excluding carboxylic acids is 2. The summed E-state index contributed by atoms with van der Waals surface area (Å²) >= 11 is 0. The molecule has 2 heterocycles. The first-order valence-corrected chi connectivity index (χ1v) is 12.2. The van der Waals surface area contributed by atoms with Crippen molar-refractivity contribution in [1.82, 2.24) is 0 Å². The van der Waals surface area contributed by atoms with Gasteiger partial charge in [-0.25, -0.2) is 0 Å². The van der Waals surface area contributed by atoms with Crippen LogP contribution in [0.25, 0.3) is 5.76 Å². The van der Waals surface area contributed by atoms with E-state index in [0.29, 0.717) is 66.2 Å². The number of anilines is 1. The largest absolute Gasteiger partial charge is 0.507 e. The first-order chi connectivity index (χ1) is 18.0. The number of fused-ring (bicyclic) bond motifs is 1. The van der Waals surface area contributed by atoms with Gasteiger partial charge in [-0.1, -0.05) is 18.2 Å². The van der Waals surface area contributed by atoms with Crippen molar-refractivity contribution in [3.63, 3.8) is 0 Å². The van der Waals surface area contributed by atoms with Crippen molar-refractivity contribution in [2.45, 2.75) is 19.9 Å². The van der Waals surface area contributed by atoms with Crippen LogP contribution in [-0.2, 0) is 9.59 Å². The standard InChI is InChI=1S/C29H27NO7/c1-3-34-21-11-8-18(9-12-21)26-25(27(31)19-10-13-23-24(16-19)37-15-14-36-23)28(32)29(33)30(26)20-6-5-7-22(17-20)35-4-2/h5-13,16-17,26,31H,3-4,14-15H2,1-2H3/b27-25-. The van der Waals surface area contributed by atoms with E-state index in [2.05, 4.69) is 0 Å². The quantitative estimate of drug-likeness (QED) is 0.280. The number of hydrogen-bond donors (Lipinski definition) is 1. The molecule has 1 fully saturated rings. The van der Waals surface area contributed by atoms with Gasteiger partial charge in [0.15, 0.2) is 11.5 Å². The average Bonchev–Trinajstić information content (AvgIpc) is 3.19. The number of hydrogen-bond acceptors (Lipinski definition) is 7. The molecule has 1 atom stereocenters. The Labute approximate surface area is 214 Å². The lowest BCUT2D eigenvalue weighted by atomic mass is 9.95. The number of aliphatic hydroxyl groups is 1. The fourth-order valence-electron chi connectivity index (χ4n) is 4.56. The number of Topliss-reactive ketones (excluding diaryl/α,β-unsaturated/α-hetero) is 1. The van der Waals surface area contributed by atoms with E-state index in [1.54, 1.807) is 66.7 Å². The van der Waals surface area contributed by atoms with Crippen molar-refractivity contribution >= 4 is 23.1 Å². The summed E-state index contributed by atoms with van der Waals surface area (Å²) in [6.07, 6.45) is 0. The summed E-state index contributed by atoms with van der Waals surface area (Å²) in [5, 5.41) is 11.4. The molecule has 2 aliphatic rings. The normalized spacial score (nSPS) is 18.1. The van der Waals surface area contributed by atoms with Gasteiger partial charge in [-0.3, -0.25) is 14.5 Å². The molecule has 8 heteroatoms. The van der Waals surface area contributed by atoms with Crippen LogP contribution in [0.5, 0.6) is 23.0 Å². The fraction of sp³-hybridized carbons (Fsp3) is 0.241. The minimum absolute atomic E-state index is 0.0207. The number of benzene rings is 3. The van der Waals surface area contributed by atoms with E-state index in [4.69, 9.17) is 18.9 Å². The maximum absolute atomic E-state index is 13.4. The van der Waals surface area contributed by atoms with Gasteiger partial charge in [0, 0.05) is 17.3 Å². The van der Waals surface area contributed by atoms with Gasteiger partial charge in [0.05, 0.1) is 24.8 Å². The van der Waals surface area contributed by atoms with E-state index < -0.39 is 17.7 Å². The zero-order chi connectivity index (χ0) is 25.9. The second-order valence-corrected chi connectivity index (χ2v) is 8.46. The second-order valence-electron chi connectivity index (χ2n) is 8.46. The van der Waals surface area contributed by atoms with E-state index in [-0.39, 0.29) is 11.3 Å². The highest BCUT2D eigenvalue weighted by molar-refractivity contribution is 6.51. The van der Waals surface area contributed by atoms with Gasteiger partial charge in [0.2, 0.25) is 0 Å². The molecule has 1 unspecified atom stereocenters. The van der Waals surface area contributed by atoms with Crippen LogP contribution < -0.4 is 23.8 Å². The van der Waals surface area contributed by atoms with E-state index in [1.165, 1.54) is 4.90 Å². The smallest absolute Gasteiger partial charge is 0.300 e. The van der Waals surface area contributed by atoms with Crippen LogP contribution >= 0.6 is 0 Å². The Balaban J connectivity index is 1.65. The lowest BCUT2D eigenvalue weighted by molar-refractivity contribution is -0.132. The monoisotopic (exact) mass is 501 g/mol. The Morgan fingerprint density at radius 3 is 2.32 bits per heavy atom. The Morgan fingerprint density at radius 2 is 1.59 bits per heavy atom. The summed E-state index contributed by atoms with van der Waals surface area (Å²) in [6, 6.07) is 18.2. The second kappa shape index (κ2) is 10.3. The molecule has 1 saturated heterocycles. The van der Waals surface area contributed by atoms with Crippen LogP contribution in [0.15, 0.2) is 72.3 Å². The van der Waals surface area contributed by atoms with Gasteiger partial charge in [-0.15, -0.1) is 0 Å². The number of ketones is 1. The molecule has 3 aromatic rings. The number of nitrogens with zero attached hydrogens (tertiary/aromatic N) is 1. The van der Waals surface area contributed by atoms with Crippen LogP contribution in [0.4, 0.5) is 5.69 Å². The molecular weight excluding hydrogens is 474 g/mol. The first kappa shape index (κ1) is 24.2. The molecule has 0 spiro atoms. The third kappa shape index (κ3) is 4.58. The van der Waals surface area contributed by atoms with Crippen molar-refractivity contribution in [1.29, 1.82) is 0 Å². The van der Waals surface area contributed by atoms with Gasteiger partial charge in [-0.2, -0.15) is 0 Å². The maximum atomic E-state index is 13.4. The molecule has 1 N–H and O–H groups in total. The topological polar surface area (TPSA) is 94.5 Å². The maximum Gasteiger partial charge on any atom is 0.300 e. The highest BCUT2D eigenvalue weighted by Crippen LogP contribution is 2.44. The summed E-state index contributed by atoms with van der Waals surface area (Å²) in [5.74, 6) is 0.426. The zero-order valence-electron chi connectivity index (χ0n) is 20.6. The van der Waals surface area contributed by atoms with Crippen molar-refractivity contribution in [3.8, 4) is 23.0 Å². The summed E-state index contributed by atoms with van der Waals surface area (Å²) < 4.78 is 22.4. The number of aliphatic hydroxyl groups excluding tert-OH is 1. The number of rotatable bonds is 7. The highest BCUT2D eigenvalue weighted by Gasteiger charge is 2.47. The summed E-state index contributed by atoms with van der Waals surface area (Å²) in [5.41, 5.74) is 1.45. The lowest BCUT2D eigenvalue weighted by Crippen LogP contribution is -2.29. The summed E-state index contributed by atoms with van der Waals surface area (Å²) in [7, 11) is 0. The highest BCUT2D eigenvalue weighted by atomic mass is 16.6. The predicted octanol–water partition coefficient (Wildman–Crippen LogP) is 4.88. The van der Waals surface area contributed by atoms with Gasteiger partial charge in [-0.05, 0) is 61.9 Å². The zero-order valence-corrected chi connectivity index (χ0v) is 20.6. The van der Waals surface area contributed by atoms with Crippen LogP contribution in [-0.4, -0.2) is 43.2 Å². The molecule has 3 aromatic carbocycles. The van der Waals surface area contributed by atoms with Gasteiger partial charge in [0.1, 0.15) is 30.5 Å². The molecule has 37 heavy (non-hydrogen) atoms. The molecule has 0 aromatic heterocycles. The number of carbonyl (C=O) groups is 2. The molecule has 5 rings (SSSR count). The minimum atomic E-state index is -0.874. The molecule has 0 bridgehead atoms. The Morgan fingerprint density at radius 1 is 0.892 bits per heavy atom. The van der Waals surface area contributed by atoms with Gasteiger partial charge in [0.25, 0.3) is 11.7 Å². The van der Waals surface area contributed by atoms with Gasteiger partial charge >= 0.3 is 0 Å². The number of amides is 1. The third-order valence-electron chi connectivity index (χ3n) is 6.17. The molecular formula is C29H27NO7. The molecule has 0 radical (unpaired) electrons. The Hall–Kier alpha value is -4.46. The molecule has 8 nitrogen and oxygen atoms in total. The minimum Gasteiger partial charge on any atom is -0.507 e. The van der Waals surface area contributed by atoms with Crippen molar-refractivity contribution in [3.05, 3.63) is 83.4 Å². The molecule has 1 amide bonds. The average molecular weight is 502 g/mol. The van der Waals surface area contributed by atoms with E-state index in [1.807, 2.05) is 13.8 Å². The van der Waals surface area contributed by atoms with E-state index in [9.17, 15) is 14.7 Å². The fourth-order valence-corrected chi connectivity index (χ4v) is 4.56. The van der Waals surface area contributed by atoms with Crippen molar-refractivity contribution in [2.24, 2.45) is 0 Å². The van der Waals surface area contributed by atoms with Crippen LogP contribution in [0.1, 0.15) is 31.0 Å². The first-order valence-electron chi connectivity index (χ1n) is 12.2. The SMILES string of the molecule is CCOc1ccc(C2/C(=C(/O)c3ccc4c(c3)OCCO4)C(=O)C(=O)N2c2cccc(OCC)c2)cc1. The van der Waals surface area contributed by atoms with Gasteiger partial charge < -0.3 is 24.1 Å². The van der Waals surface area contributed by atoms with E-state index >= 15 is 0 Å². The molecule has 2 aliphatic heterocycles. The molecule has 0 aliphatic carbocycles. The van der Waals surface area contributed by atoms with E-state index in [0.717, 1.165) is 0 Å². The predicted molar refractivity (Wildman–Crippen MR) is 137 cm³/mol. The number of ether oxygens (including phenoxy) is 4. The van der Waals surface area contributed by atoms with Crippen LogP contribution in [0.2, 0.25) is 0 Å².